The van der Waals surface area contributed by atoms with E-state index < -0.39 is 5.82 Å². The van der Waals surface area contributed by atoms with Crippen molar-refractivity contribution in [3.63, 3.8) is 0 Å². The molecular formula is C29H24FN7O2. The smallest absolute Gasteiger partial charge is 0.224 e. The second-order valence-corrected chi connectivity index (χ2v) is 9.78. The number of benzene rings is 1. The Labute approximate surface area is 222 Å². The number of anilines is 1. The summed E-state index contributed by atoms with van der Waals surface area (Å²) in [6, 6.07) is 13.2. The lowest BCUT2D eigenvalue weighted by Gasteiger charge is -2.08. The van der Waals surface area contributed by atoms with Crippen LogP contribution in [0.4, 0.5) is 10.1 Å². The van der Waals surface area contributed by atoms with E-state index in [0.29, 0.717) is 46.0 Å². The van der Waals surface area contributed by atoms with Crippen LogP contribution >= 0.6 is 0 Å². The minimum Gasteiger partial charge on any atom is -0.508 e. The molecule has 0 saturated heterocycles. The molecule has 1 aromatic carbocycles. The number of halogens is 1. The zero-order chi connectivity index (χ0) is 27.1. The number of aromatic hydroxyl groups is 1. The average molecular weight is 522 g/mol. The van der Waals surface area contributed by atoms with Crippen molar-refractivity contribution in [3.05, 3.63) is 72.9 Å². The molecule has 0 aliphatic rings. The van der Waals surface area contributed by atoms with Gasteiger partial charge >= 0.3 is 0 Å². The number of aromatic amines is 2. The number of aromatic nitrogens is 6. The quantitative estimate of drug-likeness (QED) is 0.211. The molecule has 0 atom stereocenters. The minimum absolute atomic E-state index is 0.0643. The summed E-state index contributed by atoms with van der Waals surface area (Å²) >= 11 is 0. The number of rotatable bonds is 6. The Bertz CT molecular complexity index is 1840. The van der Waals surface area contributed by atoms with E-state index in [0.717, 1.165) is 28.0 Å². The molecule has 1 amide bonds. The van der Waals surface area contributed by atoms with Crippen LogP contribution in [0.3, 0.4) is 0 Å². The molecule has 0 bridgehead atoms. The van der Waals surface area contributed by atoms with Crippen molar-refractivity contribution >= 4 is 33.5 Å². The molecule has 0 fully saturated rings. The van der Waals surface area contributed by atoms with Gasteiger partial charge in [-0.1, -0.05) is 13.8 Å². The molecule has 0 saturated carbocycles. The molecule has 194 valence electrons. The van der Waals surface area contributed by atoms with Crippen LogP contribution < -0.4 is 5.32 Å². The number of H-pyrrole nitrogens is 2. The maximum Gasteiger partial charge on any atom is 0.224 e. The zero-order valence-electron chi connectivity index (χ0n) is 21.2. The maximum atomic E-state index is 14.0. The van der Waals surface area contributed by atoms with Crippen LogP contribution in [0.1, 0.15) is 20.3 Å². The fourth-order valence-corrected chi connectivity index (χ4v) is 4.60. The summed E-state index contributed by atoms with van der Waals surface area (Å²) in [4.78, 5) is 29.2. The van der Waals surface area contributed by atoms with Gasteiger partial charge < -0.3 is 15.4 Å². The fraction of sp³-hybridized carbons (Fsp3) is 0.138. The van der Waals surface area contributed by atoms with Gasteiger partial charge in [-0.15, -0.1) is 0 Å². The number of hydrogen-bond donors (Lipinski definition) is 4. The molecule has 6 rings (SSSR count). The highest BCUT2D eigenvalue weighted by Crippen LogP contribution is 2.34. The molecule has 0 aliphatic heterocycles. The van der Waals surface area contributed by atoms with Gasteiger partial charge in [-0.25, -0.2) is 9.37 Å². The first kappa shape index (κ1) is 24.2. The predicted molar refractivity (Wildman–Crippen MR) is 147 cm³/mol. The second-order valence-electron chi connectivity index (χ2n) is 9.78. The molecule has 6 aromatic rings. The monoisotopic (exact) mass is 521 g/mol. The Morgan fingerprint density at radius 3 is 2.72 bits per heavy atom. The summed E-state index contributed by atoms with van der Waals surface area (Å²) in [5.74, 6) is -0.534. The highest BCUT2D eigenvalue weighted by Gasteiger charge is 2.17. The van der Waals surface area contributed by atoms with Crippen molar-refractivity contribution in [2.24, 2.45) is 5.92 Å². The Morgan fingerprint density at radius 2 is 1.90 bits per heavy atom. The minimum atomic E-state index is -0.548. The van der Waals surface area contributed by atoms with Gasteiger partial charge in [0.2, 0.25) is 5.91 Å². The Kier molecular flexibility index (Phi) is 5.99. The first-order valence-corrected chi connectivity index (χ1v) is 12.4. The molecule has 5 aromatic heterocycles. The van der Waals surface area contributed by atoms with Gasteiger partial charge in [0.05, 0.1) is 34.5 Å². The van der Waals surface area contributed by atoms with Gasteiger partial charge in [-0.05, 0) is 48.4 Å². The van der Waals surface area contributed by atoms with Crippen LogP contribution in [0.15, 0.2) is 67.1 Å². The Hall–Kier alpha value is -5.12. The Balaban J connectivity index is 1.39. The molecule has 0 aliphatic carbocycles. The molecule has 4 N–H and O–H groups in total. The number of phenolic OH excluding ortho intramolecular Hbond substituents is 1. The first-order chi connectivity index (χ1) is 18.8. The van der Waals surface area contributed by atoms with E-state index in [1.54, 1.807) is 18.6 Å². The highest BCUT2D eigenvalue weighted by atomic mass is 19.1. The normalized spacial score (nSPS) is 11.5. The number of carbonyl (C=O) groups excluding carboxylic acids is 1. The average Bonchev–Trinajstić information content (AvgIpc) is 3.51. The molecule has 0 radical (unpaired) electrons. The molecule has 39 heavy (non-hydrogen) atoms. The number of phenols is 1. The number of nitrogens with zero attached hydrogens (tertiary/aromatic N) is 4. The van der Waals surface area contributed by atoms with Gasteiger partial charge in [0.1, 0.15) is 22.8 Å². The number of nitrogens with one attached hydrogen (secondary N) is 3. The lowest BCUT2D eigenvalue weighted by atomic mass is 10.1. The van der Waals surface area contributed by atoms with E-state index in [1.807, 2.05) is 44.2 Å². The summed E-state index contributed by atoms with van der Waals surface area (Å²) < 4.78 is 14.0. The summed E-state index contributed by atoms with van der Waals surface area (Å²) in [5.41, 5.74) is 6.48. The summed E-state index contributed by atoms with van der Waals surface area (Å²) in [6.07, 6.45) is 5.35. The van der Waals surface area contributed by atoms with Crippen LogP contribution in [0, 0.1) is 11.7 Å². The van der Waals surface area contributed by atoms with Crippen molar-refractivity contribution in [2.75, 3.05) is 5.32 Å². The first-order valence-electron chi connectivity index (χ1n) is 12.4. The molecule has 0 unspecified atom stereocenters. The number of fused-ring (bicyclic) bond motifs is 2. The van der Waals surface area contributed by atoms with Crippen LogP contribution in [-0.2, 0) is 4.79 Å². The van der Waals surface area contributed by atoms with E-state index in [2.05, 4.69) is 30.5 Å². The molecule has 9 nitrogen and oxygen atoms in total. The van der Waals surface area contributed by atoms with Gasteiger partial charge in [0, 0.05) is 46.9 Å². The third-order valence-electron chi connectivity index (χ3n) is 6.28. The van der Waals surface area contributed by atoms with Gasteiger partial charge in [-0.2, -0.15) is 5.10 Å². The van der Waals surface area contributed by atoms with Crippen LogP contribution in [-0.4, -0.2) is 41.1 Å². The van der Waals surface area contributed by atoms with Crippen molar-refractivity contribution in [1.29, 1.82) is 0 Å². The highest BCUT2D eigenvalue weighted by molar-refractivity contribution is 5.99. The van der Waals surface area contributed by atoms with E-state index in [4.69, 9.17) is 4.98 Å². The zero-order valence-corrected chi connectivity index (χ0v) is 21.2. The molecule has 5 heterocycles. The molecule has 0 spiro atoms. The summed E-state index contributed by atoms with van der Waals surface area (Å²) in [6.45, 7) is 3.99. The number of carbonyl (C=O) groups is 1. The predicted octanol–water partition coefficient (Wildman–Crippen LogP) is 6.06. The van der Waals surface area contributed by atoms with Gasteiger partial charge in [0.25, 0.3) is 0 Å². The molecular weight excluding hydrogens is 497 g/mol. The molecule has 10 heteroatoms. The second kappa shape index (κ2) is 9.64. The van der Waals surface area contributed by atoms with E-state index in [9.17, 15) is 14.3 Å². The lowest BCUT2D eigenvalue weighted by molar-refractivity contribution is -0.116. The van der Waals surface area contributed by atoms with Crippen molar-refractivity contribution in [3.8, 4) is 39.7 Å². The van der Waals surface area contributed by atoms with Crippen molar-refractivity contribution in [2.45, 2.75) is 20.3 Å². The number of amides is 1. The fourth-order valence-electron chi connectivity index (χ4n) is 4.60. The Morgan fingerprint density at radius 1 is 1.03 bits per heavy atom. The van der Waals surface area contributed by atoms with Crippen molar-refractivity contribution in [1.82, 2.24) is 30.1 Å². The standard InChI is InChI=1S/C29H24FN7O2/c1-15(2)7-26(39)33-19-9-17(13-31-14-19)22-3-4-24-28(35-22)29(37-36-24)25-12-21-23(34-25)5-6-32-27(21)16-8-18(30)11-20(38)10-16/h3-6,8-15,34,38H,7H2,1-2H3,(H,33,39)(H,36,37). The largest absolute Gasteiger partial charge is 0.508 e. The van der Waals surface area contributed by atoms with Gasteiger partial charge in [0.15, 0.2) is 0 Å². The van der Waals surface area contributed by atoms with Crippen LogP contribution in [0.5, 0.6) is 5.75 Å². The maximum absolute atomic E-state index is 14.0. The van der Waals surface area contributed by atoms with Gasteiger partial charge in [-0.3, -0.25) is 19.9 Å². The van der Waals surface area contributed by atoms with Crippen LogP contribution in [0.2, 0.25) is 0 Å². The van der Waals surface area contributed by atoms with Crippen molar-refractivity contribution < 1.29 is 14.3 Å². The number of hydrogen-bond acceptors (Lipinski definition) is 6. The van der Waals surface area contributed by atoms with E-state index in [-0.39, 0.29) is 17.6 Å². The summed E-state index contributed by atoms with van der Waals surface area (Å²) in [5, 5.41) is 21.1. The third-order valence-corrected chi connectivity index (χ3v) is 6.28. The SMILES string of the molecule is CC(C)CC(=O)Nc1cncc(-c2ccc3[nH]nc(-c4cc5c(-c6cc(O)cc(F)c6)nccc5[nH]4)c3n2)c1. The van der Waals surface area contributed by atoms with E-state index in [1.165, 1.54) is 12.1 Å². The number of pyridine rings is 3. The van der Waals surface area contributed by atoms with Crippen LogP contribution in [0.25, 0.3) is 55.8 Å². The van der Waals surface area contributed by atoms with E-state index >= 15 is 0 Å². The summed E-state index contributed by atoms with van der Waals surface area (Å²) in [7, 11) is 0. The topological polar surface area (TPSA) is 132 Å². The lowest BCUT2D eigenvalue weighted by Crippen LogP contribution is -2.13. The third kappa shape index (κ3) is 4.79.